The van der Waals surface area contributed by atoms with E-state index in [9.17, 15) is 9.59 Å². The summed E-state index contributed by atoms with van der Waals surface area (Å²) in [5, 5.41) is 0. The molecule has 162 valence electrons. The minimum Gasteiger partial charge on any atom is -0.469 e. The van der Waals surface area contributed by atoms with Crippen molar-refractivity contribution in [2.75, 3.05) is 7.11 Å². The number of carbonyl (C=O) groups is 2. The summed E-state index contributed by atoms with van der Waals surface area (Å²) in [6.45, 7) is 3.96. The number of ether oxygens (including phenoxy) is 1. The minimum atomic E-state index is -0.259. The molecule has 1 unspecified atom stereocenters. The Bertz CT molecular complexity index is 1150. The van der Waals surface area contributed by atoms with Crippen LogP contribution in [0, 0.1) is 25.7 Å². The van der Waals surface area contributed by atoms with E-state index in [4.69, 9.17) is 0 Å². The van der Waals surface area contributed by atoms with Crippen molar-refractivity contribution in [3.8, 4) is 11.8 Å². The SMILES string of the molecule is COC(=O)CCC#Cc1ccc(C(CC(=O)c2ccnc(C)c2)c2ccccc2C)cc1. The van der Waals surface area contributed by atoms with Crippen LogP contribution in [-0.2, 0) is 9.53 Å². The highest BCUT2D eigenvalue weighted by atomic mass is 16.5. The van der Waals surface area contributed by atoms with Crippen molar-refractivity contribution in [3.63, 3.8) is 0 Å². The summed E-state index contributed by atoms with van der Waals surface area (Å²) >= 11 is 0. The molecule has 32 heavy (non-hydrogen) atoms. The number of rotatable bonds is 7. The molecule has 0 amide bonds. The molecule has 0 fully saturated rings. The molecule has 1 atom stereocenters. The third kappa shape index (κ3) is 6.15. The minimum absolute atomic E-state index is 0.0569. The molecule has 1 heterocycles. The van der Waals surface area contributed by atoms with Gasteiger partial charge in [-0.2, -0.15) is 0 Å². The first kappa shape index (κ1) is 23.0. The lowest BCUT2D eigenvalue weighted by molar-refractivity contribution is -0.140. The monoisotopic (exact) mass is 425 g/mol. The first-order chi connectivity index (χ1) is 15.5. The van der Waals surface area contributed by atoms with Crippen LogP contribution in [-0.4, -0.2) is 23.8 Å². The van der Waals surface area contributed by atoms with Gasteiger partial charge in [0.1, 0.15) is 0 Å². The summed E-state index contributed by atoms with van der Waals surface area (Å²) < 4.78 is 4.63. The maximum Gasteiger partial charge on any atom is 0.306 e. The topological polar surface area (TPSA) is 56.3 Å². The molecule has 0 bridgehead atoms. The molecular weight excluding hydrogens is 398 g/mol. The lowest BCUT2D eigenvalue weighted by Gasteiger charge is -2.20. The van der Waals surface area contributed by atoms with E-state index in [-0.39, 0.29) is 24.1 Å². The first-order valence-corrected chi connectivity index (χ1v) is 10.6. The summed E-state index contributed by atoms with van der Waals surface area (Å²) in [7, 11) is 1.37. The molecule has 0 aliphatic carbocycles. The van der Waals surface area contributed by atoms with Gasteiger partial charge in [-0.05, 0) is 54.8 Å². The fourth-order valence-electron chi connectivity index (χ4n) is 3.64. The summed E-state index contributed by atoms with van der Waals surface area (Å²) in [6.07, 6.45) is 2.80. The Morgan fingerprint density at radius 2 is 1.78 bits per heavy atom. The predicted octanol–water partition coefficient (Wildman–Crippen LogP) is 5.41. The van der Waals surface area contributed by atoms with Crippen LogP contribution < -0.4 is 0 Å². The molecule has 0 radical (unpaired) electrons. The standard InChI is InChI=1S/C28H27NO3/c1-20-8-4-6-10-25(20)26(19-27(30)24-16-17-29-21(2)18-24)23-14-12-22(13-15-23)9-5-7-11-28(31)32-3/h4,6,8,10,12-18,26H,7,11,19H2,1-3H3. The van der Waals surface area contributed by atoms with E-state index in [1.165, 1.54) is 7.11 Å². The van der Waals surface area contributed by atoms with Crippen molar-refractivity contribution in [1.29, 1.82) is 0 Å². The maximum atomic E-state index is 13.1. The lowest BCUT2D eigenvalue weighted by Crippen LogP contribution is -2.11. The number of Topliss-reactive ketones (excluding diaryl/α,β-unsaturated/α-hetero) is 1. The largest absolute Gasteiger partial charge is 0.469 e. The number of hydrogen-bond donors (Lipinski definition) is 0. The molecule has 4 nitrogen and oxygen atoms in total. The zero-order valence-corrected chi connectivity index (χ0v) is 18.7. The second-order valence-corrected chi connectivity index (χ2v) is 7.72. The molecule has 3 rings (SSSR count). The number of benzene rings is 2. The van der Waals surface area contributed by atoms with Gasteiger partial charge in [0, 0.05) is 41.8 Å². The fraction of sp³-hybridized carbons (Fsp3) is 0.250. The Kier molecular flexibility index (Phi) is 7.94. The number of carbonyl (C=O) groups excluding carboxylic acids is 2. The average molecular weight is 426 g/mol. The molecule has 0 N–H and O–H groups in total. The predicted molar refractivity (Wildman–Crippen MR) is 126 cm³/mol. The van der Waals surface area contributed by atoms with E-state index >= 15 is 0 Å². The molecule has 1 aromatic heterocycles. The molecule has 4 heteroatoms. The van der Waals surface area contributed by atoms with Crippen molar-refractivity contribution < 1.29 is 14.3 Å². The summed E-state index contributed by atoms with van der Waals surface area (Å²) in [4.78, 5) is 28.5. The Morgan fingerprint density at radius 1 is 1.03 bits per heavy atom. The van der Waals surface area contributed by atoms with Crippen molar-refractivity contribution in [2.45, 2.75) is 39.0 Å². The van der Waals surface area contributed by atoms with E-state index in [0.29, 0.717) is 18.4 Å². The highest BCUT2D eigenvalue weighted by Crippen LogP contribution is 2.31. The van der Waals surface area contributed by atoms with Crippen LogP contribution in [0.1, 0.15) is 63.5 Å². The van der Waals surface area contributed by atoms with Gasteiger partial charge in [0.2, 0.25) is 0 Å². The van der Waals surface area contributed by atoms with Crippen molar-refractivity contribution in [2.24, 2.45) is 0 Å². The van der Waals surface area contributed by atoms with Crippen molar-refractivity contribution >= 4 is 11.8 Å². The van der Waals surface area contributed by atoms with Crippen LogP contribution in [0.5, 0.6) is 0 Å². The maximum absolute atomic E-state index is 13.1. The normalized spacial score (nSPS) is 11.2. The van der Waals surface area contributed by atoms with Gasteiger partial charge in [-0.3, -0.25) is 14.6 Å². The van der Waals surface area contributed by atoms with E-state index in [2.05, 4.69) is 40.6 Å². The van der Waals surface area contributed by atoms with Gasteiger partial charge in [0.25, 0.3) is 0 Å². The van der Waals surface area contributed by atoms with Gasteiger partial charge >= 0.3 is 5.97 Å². The molecular formula is C28H27NO3. The summed E-state index contributed by atoms with van der Waals surface area (Å²) in [5.41, 5.74) is 5.76. The number of pyridine rings is 1. The van der Waals surface area contributed by atoms with Crippen molar-refractivity contribution in [3.05, 3.63) is 100 Å². The van der Waals surface area contributed by atoms with Crippen LogP contribution in [0.25, 0.3) is 0 Å². The van der Waals surface area contributed by atoms with E-state index in [1.54, 1.807) is 12.3 Å². The van der Waals surface area contributed by atoms with Gasteiger partial charge in [-0.1, -0.05) is 48.2 Å². The number of ketones is 1. The van der Waals surface area contributed by atoms with Gasteiger partial charge < -0.3 is 4.74 Å². The summed E-state index contributed by atoms with van der Waals surface area (Å²) in [6, 6.07) is 19.8. The van der Waals surface area contributed by atoms with Crippen LogP contribution in [0.3, 0.4) is 0 Å². The number of aromatic nitrogens is 1. The first-order valence-electron chi connectivity index (χ1n) is 10.6. The van der Waals surface area contributed by atoms with Crippen LogP contribution in [0.2, 0.25) is 0 Å². The number of methoxy groups -OCH3 is 1. The number of aryl methyl sites for hydroxylation is 2. The highest BCUT2D eigenvalue weighted by molar-refractivity contribution is 5.96. The van der Waals surface area contributed by atoms with Gasteiger partial charge in [-0.15, -0.1) is 0 Å². The van der Waals surface area contributed by atoms with Crippen LogP contribution in [0.4, 0.5) is 0 Å². The Balaban J connectivity index is 1.84. The quantitative estimate of drug-likeness (QED) is 0.289. The van der Waals surface area contributed by atoms with Crippen LogP contribution in [0.15, 0.2) is 66.9 Å². The zero-order chi connectivity index (χ0) is 22.9. The third-order valence-corrected chi connectivity index (χ3v) is 5.40. The molecule has 0 aliphatic rings. The number of nitrogens with zero attached hydrogens (tertiary/aromatic N) is 1. The lowest BCUT2D eigenvalue weighted by atomic mass is 9.83. The molecule has 0 saturated carbocycles. The second-order valence-electron chi connectivity index (χ2n) is 7.72. The highest BCUT2D eigenvalue weighted by Gasteiger charge is 2.21. The number of hydrogen-bond acceptors (Lipinski definition) is 4. The fourth-order valence-corrected chi connectivity index (χ4v) is 3.64. The zero-order valence-electron chi connectivity index (χ0n) is 18.7. The third-order valence-electron chi connectivity index (χ3n) is 5.40. The van der Waals surface area contributed by atoms with Gasteiger partial charge in [0.05, 0.1) is 13.5 Å². The van der Waals surface area contributed by atoms with E-state index in [1.807, 2.05) is 49.4 Å². The molecule has 0 spiro atoms. The Labute approximate surface area is 189 Å². The average Bonchev–Trinajstić information content (AvgIpc) is 2.81. The molecule has 3 aromatic rings. The van der Waals surface area contributed by atoms with E-state index in [0.717, 1.165) is 27.9 Å². The smallest absolute Gasteiger partial charge is 0.306 e. The van der Waals surface area contributed by atoms with E-state index < -0.39 is 0 Å². The Morgan fingerprint density at radius 3 is 2.47 bits per heavy atom. The number of esters is 1. The van der Waals surface area contributed by atoms with Crippen molar-refractivity contribution in [1.82, 2.24) is 4.98 Å². The second kappa shape index (κ2) is 11.1. The molecule has 0 aliphatic heterocycles. The molecule has 0 saturated heterocycles. The van der Waals surface area contributed by atoms with Gasteiger partial charge in [0.15, 0.2) is 5.78 Å². The van der Waals surface area contributed by atoms with Crippen LogP contribution >= 0.6 is 0 Å². The summed E-state index contributed by atoms with van der Waals surface area (Å²) in [5.74, 6) is 5.86. The Hall–Kier alpha value is -3.71. The molecule has 2 aromatic carbocycles. The van der Waals surface area contributed by atoms with Gasteiger partial charge in [-0.25, -0.2) is 0 Å².